The lowest BCUT2D eigenvalue weighted by atomic mass is 10.2. The van der Waals surface area contributed by atoms with Gasteiger partial charge in [-0.3, -0.25) is 4.79 Å². The van der Waals surface area contributed by atoms with Gasteiger partial charge in [0.25, 0.3) is 5.91 Å². The molecule has 2 aromatic carbocycles. The van der Waals surface area contributed by atoms with Gasteiger partial charge in [0.05, 0.1) is 11.3 Å². The third kappa shape index (κ3) is 4.70. The second-order valence-corrected chi connectivity index (χ2v) is 5.71. The Bertz CT molecular complexity index is 862. The van der Waals surface area contributed by atoms with Crippen LogP contribution in [0.4, 0.5) is 5.69 Å². The van der Waals surface area contributed by atoms with Crippen molar-refractivity contribution < 1.29 is 4.79 Å². The Balaban J connectivity index is 2.03. The Labute approximate surface area is 148 Å². The molecule has 0 aliphatic carbocycles. The number of nitrogens with one attached hydrogen (secondary N) is 2. The number of amides is 1. The lowest BCUT2D eigenvalue weighted by molar-refractivity contribution is -0.112. The van der Waals surface area contributed by atoms with E-state index in [1.807, 2.05) is 36.4 Å². The zero-order chi connectivity index (χ0) is 17.4. The Morgan fingerprint density at radius 3 is 2.67 bits per heavy atom. The maximum absolute atomic E-state index is 12.1. The highest BCUT2D eigenvalue weighted by atomic mass is 79.9. The molecule has 2 N–H and O–H groups in total. The summed E-state index contributed by atoms with van der Waals surface area (Å²) in [6.45, 7) is 0.479. The van der Waals surface area contributed by atoms with Crippen molar-refractivity contribution in [3.63, 3.8) is 0 Å². The SMILES string of the molecule is N#C/C(=C/NCc1cccc(Br)c1)C(=O)Nc1ccccc1C#N. The van der Waals surface area contributed by atoms with Gasteiger partial charge in [-0.15, -0.1) is 0 Å². The minimum Gasteiger partial charge on any atom is -0.386 e. The number of benzene rings is 2. The topological polar surface area (TPSA) is 88.7 Å². The summed E-state index contributed by atoms with van der Waals surface area (Å²) in [7, 11) is 0. The van der Waals surface area contributed by atoms with Crippen molar-refractivity contribution in [2.24, 2.45) is 0 Å². The average molecular weight is 381 g/mol. The monoisotopic (exact) mass is 380 g/mol. The number of rotatable bonds is 5. The number of nitriles is 2. The predicted molar refractivity (Wildman–Crippen MR) is 94.5 cm³/mol. The first-order chi connectivity index (χ1) is 11.6. The summed E-state index contributed by atoms with van der Waals surface area (Å²) < 4.78 is 0.956. The van der Waals surface area contributed by atoms with Gasteiger partial charge in [-0.1, -0.05) is 40.2 Å². The summed E-state index contributed by atoms with van der Waals surface area (Å²) >= 11 is 3.38. The summed E-state index contributed by atoms with van der Waals surface area (Å²) in [6, 6.07) is 18.2. The van der Waals surface area contributed by atoms with E-state index in [1.54, 1.807) is 24.3 Å². The Morgan fingerprint density at radius 1 is 1.17 bits per heavy atom. The van der Waals surface area contributed by atoms with Crippen LogP contribution in [-0.2, 0) is 11.3 Å². The number of carbonyl (C=O) groups is 1. The second kappa shape index (κ2) is 8.52. The largest absolute Gasteiger partial charge is 0.386 e. The van der Waals surface area contributed by atoms with Crippen LogP contribution in [0.1, 0.15) is 11.1 Å². The summed E-state index contributed by atoms with van der Waals surface area (Å²) in [5.74, 6) is -0.568. The fraction of sp³-hybridized carbons (Fsp3) is 0.0556. The van der Waals surface area contributed by atoms with Crippen molar-refractivity contribution in [1.29, 1.82) is 10.5 Å². The molecule has 0 saturated carbocycles. The van der Waals surface area contributed by atoms with E-state index < -0.39 is 5.91 Å². The van der Waals surface area contributed by atoms with Gasteiger partial charge in [0.2, 0.25) is 0 Å². The van der Waals surface area contributed by atoms with E-state index >= 15 is 0 Å². The van der Waals surface area contributed by atoms with E-state index in [-0.39, 0.29) is 5.57 Å². The van der Waals surface area contributed by atoms with Crippen molar-refractivity contribution in [3.05, 3.63) is 75.9 Å². The highest BCUT2D eigenvalue weighted by Crippen LogP contribution is 2.14. The quantitative estimate of drug-likeness (QED) is 0.613. The fourth-order valence-corrected chi connectivity index (χ4v) is 2.39. The van der Waals surface area contributed by atoms with E-state index in [0.717, 1.165) is 10.0 Å². The van der Waals surface area contributed by atoms with Crippen LogP contribution >= 0.6 is 15.9 Å². The molecule has 0 fully saturated rings. The lowest BCUT2D eigenvalue weighted by Crippen LogP contribution is -2.17. The molecule has 0 bridgehead atoms. The predicted octanol–water partition coefficient (Wildman–Crippen LogP) is 3.46. The minimum atomic E-state index is -0.568. The first-order valence-electron chi connectivity index (χ1n) is 7.02. The van der Waals surface area contributed by atoms with E-state index in [4.69, 9.17) is 10.5 Å². The van der Waals surface area contributed by atoms with Crippen molar-refractivity contribution in [2.75, 3.05) is 5.32 Å². The zero-order valence-electron chi connectivity index (χ0n) is 12.6. The first kappa shape index (κ1) is 17.3. The maximum atomic E-state index is 12.1. The van der Waals surface area contributed by atoms with Crippen molar-refractivity contribution in [2.45, 2.75) is 6.54 Å². The smallest absolute Gasteiger partial charge is 0.267 e. The summed E-state index contributed by atoms with van der Waals surface area (Å²) in [6.07, 6.45) is 1.37. The maximum Gasteiger partial charge on any atom is 0.267 e. The molecule has 0 unspecified atom stereocenters. The molecule has 0 spiro atoms. The van der Waals surface area contributed by atoms with Crippen LogP contribution in [0.2, 0.25) is 0 Å². The van der Waals surface area contributed by atoms with E-state index in [1.165, 1.54) is 6.20 Å². The normalized spacial score (nSPS) is 10.4. The van der Waals surface area contributed by atoms with Gasteiger partial charge in [-0.2, -0.15) is 10.5 Å². The van der Waals surface area contributed by atoms with E-state index in [9.17, 15) is 4.79 Å². The summed E-state index contributed by atoms with van der Waals surface area (Å²) in [5, 5.41) is 23.7. The van der Waals surface area contributed by atoms with Crippen LogP contribution in [0.3, 0.4) is 0 Å². The second-order valence-electron chi connectivity index (χ2n) is 4.79. The highest BCUT2D eigenvalue weighted by Gasteiger charge is 2.11. The Hall–Kier alpha value is -3.09. The number of carbonyl (C=O) groups excluding carboxylic acids is 1. The van der Waals surface area contributed by atoms with Gasteiger partial charge < -0.3 is 10.6 Å². The number of hydrogen-bond acceptors (Lipinski definition) is 4. The fourth-order valence-electron chi connectivity index (χ4n) is 1.95. The molecule has 1 amide bonds. The standard InChI is InChI=1S/C18H13BrN4O/c19-16-6-3-4-13(8-16)11-22-12-15(10-21)18(24)23-17-7-2-1-5-14(17)9-20/h1-8,12,22H,11H2,(H,23,24)/b15-12-. The average Bonchev–Trinajstić information content (AvgIpc) is 2.59. The van der Waals surface area contributed by atoms with Crippen molar-refractivity contribution >= 4 is 27.5 Å². The summed E-state index contributed by atoms with van der Waals surface area (Å²) in [5.41, 5.74) is 1.65. The van der Waals surface area contributed by atoms with Gasteiger partial charge in [0, 0.05) is 17.2 Å². The van der Waals surface area contributed by atoms with Gasteiger partial charge in [0.15, 0.2) is 0 Å². The lowest BCUT2D eigenvalue weighted by Gasteiger charge is -2.07. The molecule has 0 radical (unpaired) electrons. The zero-order valence-corrected chi connectivity index (χ0v) is 14.2. The number of nitrogens with zero attached hydrogens (tertiary/aromatic N) is 2. The van der Waals surface area contributed by atoms with E-state index in [2.05, 4.69) is 26.6 Å². The van der Waals surface area contributed by atoms with Gasteiger partial charge >= 0.3 is 0 Å². The van der Waals surface area contributed by atoms with Crippen molar-refractivity contribution in [1.82, 2.24) is 5.32 Å². The first-order valence-corrected chi connectivity index (χ1v) is 7.82. The van der Waals surface area contributed by atoms with Crippen LogP contribution < -0.4 is 10.6 Å². The molecule has 0 aromatic heterocycles. The molecule has 6 heteroatoms. The van der Waals surface area contributed by atoms with Gasteiger partial charge in [-0.05, 0) is 29.8 Å². The molecule has 5 nitrogen and oxygen atoms in total. The van der Waals surface area contributed by atoms with E-state index in [0.29, 0.717) is 17.8 Å². The molecule has 2 rings (SSSR count). The molecule has 24 heavy (non-hydrogen) atoms. The molecule has 0 atom stereocenters. The Kier molecular flexibility index (Phi) is 6.13. The molecule has 0 aliphatic heterocycles. The van der Waals surface area contributed by atoms with Crippen LogP contribution in [-0.4, -0.2) is 5.91 Å². The number of hydrogen-bond donors (Lipinski definition) is 2. The molecule has 2 aromatic rings. The van der Waals surface area contributed by atoms with Gasteiger partial charge in [-0.25, -0.2) is 0 Å². The molecule has 0 aliphatic rings. The van der Waals surface area contributed by atoms with Crippen LogP contribution in [0.25, 0.3) is 0 Å². The molecular weight excluding hydrogens is 368 g/mol. The number of halogens is 1. The third-order valence-electron chi connectivity index (χ3n) is 3.10. The Morgan fingerprint density at radius 2 is 1.96 bits per heavy atom. The van der Waals surface area contributed by atoms with Crippen LogP contribution in [0.5, 0.6) is 0 Å². The third-order valence-corrected chi connectivity index (χ3v) is 3.60. The molecule has 0 saturated heterocycles. The number of anilines is 1. The molecule has 118 valence electrons. The number of para-hydroxylation sites is 1. The van der Waals surface area contributed by atoms with Crippen molar-refractivity contribution in [3.8, 4) is 12.1 Å². The summed E-state index contributed by atoms with van der Waals surface area (Å²) in [4.78, 5) is 12.1. The molecule has 0 heterocycles. The van der Waals surface area contributed by atoms with Crippen LogP contribution in [0, 0.1) is 22.7 Å². The van der Waals surface area contributed by atoms with Crippen LogP contribution in [0.15, 0.2) is 64.8 Å². The highest BCUT2D eigenvalue weighted by molar-refractivity contribution is 9.10. The molecular formula is C18H13BrN4O. The van der Waals surface area contributed by atoms with Gasteiger partial charge in [0.1, 0.15) is 17.7 Å². The minimum absolute atomic E-state index is 0.0715.